The lowest BCUT2D eigenvalue weighted by molar-refractivity contribution is -0.116. The van der Waals surface area contributed by atoms with Gasteiger partial charge in [0.15, 0.2) is 0 Å². The molecule has 0 atom stereocenters. The maximum absolute atomic E-state index is 11.8. The maximum Gasteiger partial charge on any atom is 0.223 e. The molecular weight excluding hydrogens is 224 g/mol. The van der Waals surface area contributed by atoms with Crippen molar-refractivity contribution >= 4 is 17.3 Å². The second kappa shape index (κ2) is 5.89. The van der Waals surface area contributed by atoms with Crippen LogP contribution in [0.3, 0.4) is 0 Å². The van der Waals surface area contributed by atoms with Crippen molar-refractivity contribution < 1.29 is 4.79 Å². The highest BCUT2D eigenvalue weighted by molar-refractivity contribution is 5.95. The number of nitrogens with zero attached hydrogens (tertiary/aromatic N) is 1. The molecule has 0 heterocycles. The molecule has 1 amide bonds. The summed E-state index contributed by atoms with van der Waals surface area (Å²) < 4.78 is 0. The molecule has 0 saturated heterocycles. The van der Waals surface area contributed by atoms with E-state index in [2.05, 4.69) is 33.0 Å². The number of rotatable bonds is 4. The first-order valence-electron chi connectivity index (χ1n) is 6.50. The van der Waals surface area contributed by atoms with Gasteiger partial charge >= 0.3 is 0 Å². The van der Waals surface area contributed by atoms with E-state index >= 15 is 0 Å². The fraction of sp³-hybridized carbons (Fsp3) is 0.533. The van der Waals surface area contributed by atoms with Crippen molar-refractivity contribution in [2.45, 2.75) is 46.6 Å². The Hall–Kier alpha value is -1.51. The first kappa shape index (κ1) is 14.6. The fourth-order valence-corrected chi connectivity index (χ4v) is 1.89. The zero-order valence-electron chi connectivity index (χ0n) is 12.1. The molecule has 100 valence electrons. The van der Waals surface area contributed by atoms with Crippen LogP contribution in [0, 0.1) is 0 Å². The lowest BCUT2D eigenvalue weighted by Crippen LogP contribution is -2.32. The number of amides is 1. The van der Waals surface area contributed by atoms with Crippen LogP contribution in [0.5, 0.6) is 0 Å². The number of hydrogen-bond donors (Lipinski definition) is 1. The van der Waals surface area contributed by atoms with Gasteiger partial charge in [-0.1, -0.05) is 19.1 Å². The molecule has 1 aromatic rings. The highest BCUT2D eigenvalue weighted by Gasteiger charge is 2.17. The molecule has 0 radical (unpaired) electrons. The van der Waals surface area contributed by atoms with Crippen molar-refractivity contribution in [2.24, 2.45) is 0 Å². The van der Waals surface area contributed by atoms with Crippen molar-refractivity contribution in [1.29, 1.82) is 0 Å². The van der Waals surface area contributed by atoms with Crippen molar-refractivity contribution in [3.05, 3.63) is 24.3 Å². The molecule has 0 aliphatic rings. The summed E-state index contributed by atoms with van der Waals surface area (Å²) in [6, 6.07) is 7.97. The van der Waals surface area contributed by atoms with Crippen LogP contribution in [-0.4, -0.2) is 18.0 Å². The highest BCUT2D eigenvalue weighted by Crippen LogP contribution is 2.28. The first-order valence-corrected chi connectivity index (χ1v) is 6.50. The molecule has 18 heavy (non-hydrogen) atoms. The molecule has 0 aromatic heterocycles. The normalized spacial score (nSPS) is 11.2. The standard InChI is InChI=1S/C15H24N2O/c1-6-11-17(12(2)18)14-10-8-7-9-13(14)16-15(3,4)5/h7-10,16H,6,11H2,1-5H3. The summed E-state index contributed by atoms with van der Waals surface area (Å²) in [5, 5.41) is 3.45. The smallest absolute Gasteiger partial charge is 0.223 e. The molecule has 0 saturated carbocycles. The summed E-state index contributed by atoms with van der Waals surface area (Å²) in [6.45, 7) is 10.8. The minimum Gasteiger partial charge on any atom is -0.379 e. The number of anilines is 2. The summed E-state index contributed by atoms with van der Waals surface area (Å²) in [4.78, 5) is 13.6. The monoisotopic (exact) mass is 248 g/mol. The van der Waals surface area contributed by atoms with Gasteiger partial charge in [0.05, 0.1) is 11.4 Å². The van der Waals surface area contributed by atoms with Gasteiger partial charge in [-0.2, -0.15) is 0 Å². The first-order chi connectivity index (χ1) is 8.35. The Morgan fingerprint density at radius 1 is 1.28 bits per heavy atom. The van der Waals surface area contributed by atoms with Gasteiger partial charge < -0.3 is 10.2 Å². The predicted molar refractivity (Wildman–Crippen MR) is 78.1 cm³/mol. The third kappa shape index (κ3) is 4.06. The van der Waals surface area contributed by atoms with Gasteiger partial charge in [-0.3, -0.25) is 4.79 Å². The van der Waals surface area contributed by atoms with E-state index < -0.39 is 0 Å². The lowest BCUT2D eigenvalue weighted by Gasteiger charge is -2.28. The summed E-state index contributed by atoms with van der Waals surface area (Å²) in [5.41, 5.74) is 1.94. The van der Waals surface area contributed by atoms with E-state index in [0.717, 1.165) is 24.3 Å². The molecule has 0 aliphatic heterocycles. The van der Waals surface area contributed by atoms with Crippen LogP contribution in [0.4, 0.5) is 11.4 Å². The summed E-state index contributed by atoms with van der Waals surface area (Å²) in [6.07, 6.45) is 0.948. The van der Waals surface area contributed by atoms with Crippen molar-refractivity contribution in [3.8, 4) is 0 Å². The third-order valence-corrected chi connectivity index (χ3v) is 2.53. The summed E-state index contributed by atoms with van der Waals surface area (Å²) in [5.74, 6) is 0.0833. The lowest BCUT2D eigenvalue weighted by atomic mass is 10.1. The molecule has 3 nitrogen and oxygen atoms in total. The number of carbonyl (C=O) groups is 1. The van der Waals surface area contributed by atoms with Gasteiger partial charge in [0, 0.05) is 19.0 Å². The molecule has 3 heteroatoms. The van der Waals surface area contributed by atoms with Crippen molar-refractivity contribution in [2.75, 3.05) is 16.8 Å². The van der Waals surface area contributed by atoms with Crippen LogP contribution in [0.25, 0.3) is 0 Å². The van der Waals surface area contributed by atoms with E-state index in [1.54, 1.807) is 6.92 Å². The molecular formula is C15H24N2O. The number of nitrogens with one attached hydrogen (secondary N) is 1. The van der Waals surface area contributed by atoms with Crippen LogP contribution in [0.2, 0.25) is 0 Å². The second-order valence-corrected chi connectivity index (χ2v) is 5.56. The van der Waals surface area contributed by atoms with Crippen LogP contribution < -0.4 is 10.2 Å². The Kier molecular flexibility index (Phi) is 4.76. The summed E-state index contributed by atoms with van der Waals surface area (Å²) >= 11 is 0. The van der Waals surface area contributed by atoms with Crippen LogP contribution >= 0.6 is 0 Å². The van der Waals surface area contributed by atoms with E-state index in [0.29, 0.717) is 0 Å². The molecule has 0 spiro atoms. The number of para-hydroxylation sites is 2. The van der Waals surface area contributed by atoms with E-state index in [1.165, 1.54) is 0 Å². The average molecular weight is 248 g/mol. The molecule has 1 aromatic carbocycles. The molecule has 1 rings (SSSR count). The van der Waals surface area contributed by atoms with Crippen LogP contribution in [0.15, 0.2) is 24.3 Å². The van der Waals surface area contributed by atoms with Crippen LogP contribution in [-0.2, 0) is 4.79 Å². The Bertz CT molecular complexity index is 407. The number of carbonyl (C=O) groups excluding carboxylic acids is 1. The molecule has 0 unspecified atom stereocenters. The topological polar surface area (TPSA) is 32.3 Å². The second-order valence-electron chi connectivity index (χ2n) is 5.56. The minimum atomic E-state index is -0.0230. The van der Waals surface area contributed by atoms with E-state index in [4.69, 9.17) is 0 Å². The Morgan fingerprint density at radius 2 is 1.89 bits per heavy atom. The number of hydrogen-bond acceptors (Lipinski definition) is 2. The molecule has 0 fully saturated rings. The van der Waals surface area contributed by atoms with E-state index in [1.807, 2.05) is 29.2 Å². The quantitative estimate of drug-likeness (QED) is 0.882. The van der Waals surface area contributed by atoms with Crippen molar-refractivity contribution in [1.82, 2.24) is 0 Å². The molecule has 1 N–H and O–H groups in total. The van der Waals surface area contributed by atoms with Crippen molar-refractivity contribution in [3.63, 3.8) is 0 Å². The number of benzene rings is 1. The Balaban J connectivity index is 3.10. The average Bonchev–Trinajstić information content (AvgIpc) is 2.24. The van der Waals surface area contributed by atoms with Gasteiger partial charge in [0.25, 0.3) is 0 Å². The maximum atomic E-state index is 11.8. The van der Waals surface area contributed by atoms with Gasteiger partial charge in [-0.25, -0.2) is 0 Å². The van der Waals surface area contributed by atoms with Gasteiger partial charge in [-0.05, 0) is 39.3 Å². The zero-order valence-corrected chi connectivity index (χ0v) is 12.1. The predicted octanol–water partition coefficient (Wildman–Crippen LogP) is 3.66. The molecule has 0 bridgehead atoms. The van der Waals surface area contributed by atoms with Gasteiger partial charge in [0.2, 0.25) is 5.91 Å². The van der Waals surface area contributed by atoms with Gasteiger partial charge in [0.1, 0.15) is 0 Å². The van der Waals surface area contributed by atoms with E-state index in [-0.39, 0.29) is 11.4 Å². The molecule has 0 aliphatic carbocycles. The zero-order chi connectivity index (χ0) is 13.8. The Morgan fingerprint density at radius 3 is 2.39 bits per heavy atom. The fourth-order valence-electron chi connectivity index (χ4n) is 1.89. The minimum absolute atomic E-state index is 0.0230. The highest BCUT2D eigenvalue weighted by atomic mass is 16.2. The third-order valence-electron chi connectivity index (χ3n) is 2.53. The SMILES string of the molecule is CCCN(C(C)=O)c1ccccc1NC(C)(C)C. The van der Waals surface area contributed by atoms with Gasteiger partial charge in [-0.15, -0.1) is 0 Å². The largest absolute Gasteiger partial charge is 0.379 e. The summed E-state index contributed by atoms with van der Waals surface area (Å²) in [7, 11) is 0. The van der Waals surface area contributed by atoms with E-state index in [9.17, 15) is 4.79 Å². The Labute approximate surface area is 110 Å². The van der Waals surface area contributed by atoms with Crippen LogP contribution in [0.1, 0.15) is 41.0 Å².